The maximum absolute atomic E-state index is 11.9. The highest BCUT2D eigenvalue weighted by Gasteiger charge is 2.17. The van der Waals surface area contributed by atoms with Gasteiger partial charge in [0.2, 0.25) is 0 Å². The van der Waals surface area contributed by atoms with Gasteiger partial charge in [-0.1, -0.05) is 13.8 Å². The molecule has 0 aliphatic carbocycles. The largest absolute Gasteiger partial charge is 0.399 e. The van der Waals surface area contributed by atoms with Crippen molar-refractivity contribution in [1.82, 2.24) is 4.72 Å². The van der Waals surface area contributed by atoms with Gasteiger partial charge in [-0.3, -0.25) is 4.31 Å². The molecule has 0 bridgehead atoms. The lowest BCUT2D eigenvalue weighted by Crippen LogP contribution is -2.39. The van der Waals surface area contributed by atoms with E-state index < -0.39 is 10.2 Å². The number of benzene rings is 1. The Morgan fingerprint density at radius 2 is 1.82 bits per heavy atom. The van der Waals surface area contributed by atoms with E-state index in [1.165, 1.54) is 11.4 Å². The highest BCUT2D eigenvalue weighted by molar-refractivity contribution is 7.90. The normalized spacial score (nSPS) is 11.8. The summed E-state index contributed by atoms with van der Waals surface area (Å²) in [5.41, 5.74) is 6.74. The van der Waals surface area contributed by atoms with Crippen molar-refractivity contribution in [2.45, 2.75) is 13.8 Å². The van der Waals surface area contributed by atoms with Gasteiger partial charge in [-0.2, -0.15) is 13.1 Å². The number of hydrogen-bond donors (Lipinski definition) is 2. The van der Waals surface area contributed by atoms with E-state index in [-0.39, 0.29) is 5.92 Å². The Balaban J connectivity index is 2.81. The van der Waals surface area contributed by atoms with Crippen LogP contribution >= 0.6 is 0 Å². The molecule has 0 aliphatic heterocycles. The Morgan fingerprint density at radius 3 is 2.29 bits per heavy atom. The number of anilines is 2. The van der Waals surface area contributed by atoms with Crippen LogP contribution in [0.5, 0.6) is 0 Å². The molecule has 6 heteroatoms. The van der Waals surface area contributed by atoms with Crippen LogP contribution in [0.2, 0.25) is 0 Å². The van der Waals surface area contributed by atoms with Crippen molar-refractivity contribution in [3.63, 3.8) is 0 Å². The lowest BCUT2D eigenvalue weighted by Gasteiger charge is -2.20. The lowest BCUT2D eigenvalue weighted by atomic mass is 10.2. The van der Waals surface area contributed by atoms with Crippen LogP contribution in [0, 0.1) is 5.92 Å². The second-order valence-corrected chi connectivity index (χ2v) is 6.09. The quantitative estimate of drug-likeness (QED) is 0.778. The smallest absolute Gasteiger partial charge is 0.301 e. The molecule has 96 valence electrons. The number of nitrogens with zero attached hydrogens (tertiary/aromatic N) is 1. The van der Waals surface area contributed by atoms with E-state index >= 15 is 0 Å². The number of nitrogens with one attached hydrogen (secondary N) is 1. The Bertz CT molecular complexity index is 454. The van der Waals surface area contributed by atoms with Gasteiger partial charge in [-0.15, -0.1) is 0 Å². The predicted octanol–water partition coefficient (Wildman–Crippen LogP) is 1.20. The standard InChI is InChI=1S/C11H19N3O2S/c1-9(2)8-13-17(15,16)14(3)11-6-4-10(12)5-7-11/h4-7,9,13H,8,12H2,1-3H3. The van der Waals surface area contributed by atoms with Gasteiger partial charge in [0.05, 0.1) is 5.69 Å². The highest BCUT2D eigenvalue weighted by Crippen LogP contribution is 2.16. The number of rotatable bonds is 5. The summed E-state index contributed by atoms with van der Waals surface area (Å²) in [6.45, 7) is 4.32. The van der Waals surface area contributed by atoms with E-state index in [0.717, 1.165) is 0 Å². The topological polar surface area (TPSA) is 75.4 Å². The third kappa shape index (κ3) is 3.90. The summed E-state index contributed by atoms with van der Waals surface area (Å²) >= 11 is 0. The highest BCUT2D eigenvalue weighted by atomic mass is 32.2. The minimum Gasteiger partial charge on any atom is -0.399 e. The van der Waals surface area contributed by atoms with Gasteiger partial charge < -0.3 is 5.73 Å². The molecule has 1 aromatic rings. The van der Waals surface area contributed by atoms with Crippen molar-refractivity contribution in [2.24, 2.45) is 5.92 Å². The zero-order valence-electron chi connectivity index (χ0n) is 10.3. The summed E-state index contributed by atoms with van der Waals surface area (Å²) < 4.78 is 27.5. The van der Waals surface area contributed by atoms with E-state index in [4.69, 9.17) is 5.73 Å². The van der Waals surface area contributed by atoms with Crippen LogP contribution in [-0.4, -0.2) is 22.0 Å². The van der Waals surface area contributed by atoms with Crippen LogP contribution in [0.3, 0.4) is 0 Å². The first-order chi connectivity index (χ1) is 7.83. The van der Waals surface area contributed by atoms with Gasteiger partial charge in [-0.25, -0.2) is 0 Å². The molecule has 0 fully saturated rings. The second kappa shape index (κ2) is 5.37. The molecular weight excluding hydrogens is 238 g/mol. The van der Waals surface area contributed by atoms with Crippen LogP contribution in [0.25, 0.3) is 0 Å². The Hall–Kier alpha value is -1.27. The van der Waals surface area contributed by atoms with Crippen LogP contribution in [0.15, 0.2) is 24.3 Å². The molecule has 0 saturated carbocycles. The fourth-order valence-electron chi connectivity index (χ4n) is 1.19. The van der Waals surface area contributed by atoms with Crippen molar-refractivity contribution >= 4 is 21.6 Å². The molecule has 0 unspecified atom stereocenters. The predicted molar refractivity (Wildman–Crippen MR) is 71.0 cm³/mol. The Kier molecular flexibility index (Phi) is 4.36. The molecule has 0 amide bonds. The Morgan fingerprint density at radius 1 is 1.29 bits per heavy atom. The van der Waals surface area contributed by atoms with Gasteiger partial charge in [0.25, 0.3) is 0 Å². The fourth-order valence-corrected chi connectivity index (χ4v) is 2.33. The summed E-state index contributed by atoms with van der Waals surface area (Å²) in [6.07, 6.45) is 0. The van der Waals surface area contributed by atoms with E-state index in [9.17, 15) is 8.42 Å². The van der Waals surface area contributed by atoms with Crippen LogP contribution < -0.4 is 14.8 Å². The van der Waals surface area contributed by atoms with Crippen molar-refractivity contribution in [2.75, 3.05) is 23.6 Å². The second-order valence-electron chi connectivity index (χ2n) is 4.31. The minimum absolute atomic E-state index is 0.268. The molecule has 0 atom stereocenters. The lowest BCUT2D eigenvalue weighted by molar-refractivity contribution is 0.558. The maximum Gasteiger partial charge on any atom is 0.301 e. The average Bonchev–Trinajstić information content (AvgIpc) is 2.27. The van der Waals surface area contributed by atoms with Gasteiger partial charge >= 0.3 is 10.2 Å². The molecule has 0 heterocycles. The SMILES string of the molecule is CC(C)CNS(=O)(=O)N(C)c1ccc(N)cc1. The monoisotopic (exact) mass is 257 g/mol. The summed E-state index contributed by atoms with van der Waals surface area (Å²) in [5, 5.41) is 0. The number of nitrogens with two attached hydrogens (primary N) is 1. The molecular formula is C11H19N3O2S. The summed E-state index contributed by atoms with van der Waals surface area (Å²) in [6, 6.07) is 6.68. The van der Waals surface area contributed by atoms with Crippen molar-refractivity contribution in [1.29, 1.82) is 0 Å². The van der Waals surface area contributed by atoms with E-state index in [0.29, 0.717) is 17.9 Å². The first-order valence-electron chi connectivity index (χ1n) is 5.42. The molecule has 1 aromatic carbocycles. The molecule has 3 N–H and O–H groups in total. The van der Waals surface area contributed by atoms with E-state index in [2.05, 4.69) is 4.72 Å². The van der Waals surface area contributed by atoms with Gasteiger partial charge in [0.15, 0.2) is 0 Å². The first kappa shape index (κ1) is 13.8. The molecule has 5 nitrogen and oxygen atoms in total. The maximum atomic E-state index is 11.9. The molecule has 0 aromatic heterocycles. The van der Waals surface area contributed by atoms with Crippen molar-refractivity contribution < 1.29 is 8.42 Å². The average molecular weight is 257 g/mol. The minimum atomic E-state index is -3.48. The zero-order valence-corrected chi connectivity index (χ0v) is 11.2. The third-order valence-corrected chi connectivity index (χ3v) is 3.75. The van der Waals surface area contributed by atoms with Gasteiger partial charge in [0, 0.05) is 19.3 Å². The summed E-state index contributed by atoms with van der Waals surface area (Å²) in [4.78, 5) is 0. The molecule has 0 saturated heterocycles. The third-order valence-electron chi connectivity index (χ3n) is 2.29. The molecule has 1 rings (SSSR count). The first-order valence-corrected chi connectivity index (χ1v) is 6.86. The molecule has 0 spiro atoms. The van der Waals surface area contributed by atoms with E-state index in [1.807, 2.05) is 13.8 Å². The van der Waals surface area contributed by atoms with Crippen molar-refractivity contribution in [3.8, 4) is 0 Å². The van der Waals surface area contributed by atoms with Gasteiger partial charge in [-0.05, 0) is 30.2 Å². The summed E-state index contributed by atoms with van der Waals surface area (Å²) in [7, 11) is -1.97. The molecule has 0 aliphatic rings. The molecule has 0 radical (unpaired) electrons. The van der Waals surface area contributed by atoms with Crippen LogP contribution in [0.1, 0.15) is 13.8 Å². The van der Waals surface area contributed by atoms with E-state index in [1.54, 1.807) is 24.3 Å². The summed E-state index contributed by atoms with van der Waals surface area (Å²) in [5.74, 6) is 0.268. The zero-order chi connectivity index (χ0) is 13.1. The van der Waals surface area contributed by atoms with Gasteiger partial charge in [0.1, 0.15) is 0 Å². The van der Waals surface area contributed by atoms with Crippen LogP contribution in [-0.2, 0) is 10.2 Å². The Labute approximate surface area is 103 Å². The van der Waals surface area contributed by atoms with Crippen LogP contribution in [0.4, 0.5) is 11.4 Å². The fraction of sp³-hybridized carbons (Fsp3) is 0.455. The number of hydrogen-bond acceptors (Lipinski definition) is 3. The van der Waals surface area contributed by atoms with Crippen molar-refractivity contribution in [3.05, 3.63) is 24.3 Å². The molecule has 17 heavy (non-hydrogen) atoms. The number of nitrogen functional groups attached to an aromatic ring is 1.